The first-order valence-corrected chi connectivity index (χ1v) is 6.50. The number of hydrogen-bond donors (Lipinski definition) is 2. The van der Waals surface area contributed by atoms with Crippen LogP contribution in [-0.2, 0) is 0 Å². The molecule has 0 aliphatic rings. The van der Waals surface area contributed by atoms with E-state index in [0.29, 0.717) is 16.3 Å². The van der Waals surface area contributed by atoms with Gasteiger partial charge in [-0.2, -0.15) is 0 Å². The monoisotopic (exact) mass is 294 g/mol. The van der Waals surface area contributed by atoms with Crippen LogP contribution >= 0.6 is 11.6 Å². The molecule has 0 bridgehead atoms. The summed E-state index contributed by atoms with van der Waals surface area (Å²) in [5.41, 5.74) is 4.73. The summed E-state index contributed by atoms with van der Waals surface area (Å²) in [6.07, 6.45) is 0. The molecule has 1 atom stereocenters. The number of nitrogens with two attached hydrogens (primary N) is 1. The lowest BCUT2D eigenvalue weighted by Gasteiger charge is -2.19. The molecule has 1 unspecified atom stereocenters. The van der Waals surface area contributed by atoms with E-state index in [4.69, 9.17) is 22.2 Å². The molecule has 20 heavy (non-hydrogen) atoms. The minimum Gasteiger partial charge on any atom is -0.495 e. The standard InChI is InChI=1S/C15H16ClFN2O/c1-9-3-5-11(13(17)7-9)15(19-18)10-4-6-12(16)14(8-10)20-2/h3-8,15,19H,18H2,1-2H3. The third-order valence-electron chi connectivity index (χ3n) is 3.14. The van der Waals surface area contributed by atoms with E-state index in [1.807, 2.05) is 13.0 Å². The molecule has 0 saturated carbocycles. The number of benzene rings is 2. The fourth-order valence-corrected chi connectivity index (χ4v) is 2.28. The van der Waals surface area contributed by atoms with E-state index < -0.39 is 6.04 Å². The van der Waals surface area contributed by atoms with E-state index in [2.05, 4.69) is 5.43 Å². The lowest BCUT2D eigenvalue weighted by atomic mass is 9.97. The molecule has 0 amide bonds. The van der Waals surface area contributed by atoms with Crippen LogP contribution in [0.15, 0.2) is 36.4 Å². The second-order valence-electron chi connectivity index (χ2n) is 4.52. The molecule has 2 rings (SSSR count). The summed E-state index contributed by atoms with van der Waals surface area (Å²) in [5.74, 6) is 5.80. The summed E-state index contributed by atoms with van der Waals surface area (Å²) < 4.78 is 19.3. The van der Waals surface area contributed by atoms with E-state index in [0.717, 1.165) is 11.1 Å². The van der Waals surface area contributed by atoms with Gasteiger partial charge in [0.05, 0.1) is 18.2 Å². The Morgan fingerprint density at radius 3 is 2.60 bits per heavy atom. The van der Waals surface area contributed by atoms with Gasteiger partial charge in [0.25, 0.3) is 0 Å². The summed E-state index contributed by atoms with van der Waals surface area (Å²) in [4.78, 5) is 0. The number of hydrazine groups is 1. The van der Waals surface area contributed by atoms with Crippen molar-refractivity contribution in [2.45, 2.75) is 13.0 Å². The molecule has 0 aliphatic carbocycles. The highest BCUT2D eigenvalue weighted by Crippen LogP contribution is 2.31. The molecule has 0 radical (unpaired) electrons. The zero-order chi connectivity index (χ0) is 14.7. The van der Waals surface area contributed by atoms with Crippen LogP contribution in [0.25, 0.3) is 0 Å². The first kappa shape index (κ1) is 14.8. The Labute approximate surface area is 122 Å². The van der Waals surface area contributed by atoms with Crippen LogP contribution < -0.4 is 16.0 Å². The van der Waals surface area contributed by atoms with Crippen molar-refractivity contribution in [3.63, 3.8) is 0 Å². The summed E-state index contributed by atoms with van der Waals surface area (Å²) in [6, 6.07) is 9.80. The van der Waals surface area contributed by atoms with E-state index in [9.17, 15) is 4.39 Å². The van der Waals surface area contributed by atoms with Crippen molar-refractivity contribution in [3.8, 4) is 5.75 Å². The smallest absolute Gasteiger partial charge is 0.137 e. The Balaban J connectivity index is 2.46. The van der Waals surface area contributed by atoms with Gasteiger partial charge in [0.15, 0.2) is 0 Å². The first-order chi connectivity index (χ1) is 9.56. The van der Waals surface area contributed by atoms with Crippen LogP contribution in [0.3, 0.4) is 0 Å². The van der Waals surface area contributed by atoms with Crippen molar-refractivity contribution in [2.75, 3.05) is 7.11 Å². The SMILES string of the molecule is COc1cc(C(NN)c2ccc(C)cc2F)ccc1Cl. The number of aryl methyl sites for hydroxylation is 1. The zero-order valence-corrected chi connectivity index (χ0v) is 12.0. The average Bonchev–Trinajstić information content (AvgIpc) is 2.43. The number of nitrogens with one attached hydrogen (secondary N) is 1. The van der Waals surface area contributed by atoms with Crippen molar-refractivity contribution in [1.29, 1.82) is 0 Å². The molecule has 0 fully saturated rings. The lowest BCUT2D eigenvalue weighted by Crippen LogP contribution is -2.29. The average molecular weight is 295 g/mol. The zero-order valence-electron chi connectivity index (χ0n) is 11.3. The summed E-state index contributed by atoms with van der Waals surface area (Å²) in [5, 5.41) is 0.497. The number of ether oxygens (including phenoxy) is 1. The van der Waals surface area contributed by atoms with Gasteiger partial charge >= 0.3 is 0 Å². The Bertz CT molecular complexity index is 619. The van der Waals surface area contributed by atoms with E-state index in [-0.39, 0.29) is 5.82 Å². The maximum absolute atomic E-state index is 14.1. The third kappa shape index (κ3) is 2.93. The second kappa shape index (κ2) is 6.22. The molecule has 3 N–H and O–H groups in total. The molecule has 0 aromatic heterocycles. The van der Waals surface area contributed by atoms with Crippen LogP contribution in [0.5, 0.6) is 5.75 Å². The number of rotatable bonds is 4. The van der Waals surface area contributed by atoms with Crippen molar-refractivity contribution in [1.82, 2.24) is 5.43 Å². The molecule has 5 heteroatoms. The topological polar surface area (TPSA) is 47.3 Å². The maximum atomic E-state index is 14.1. The lowest BCUT2D eigenvalue weighted by molar-refractivity contribution is 0.413. The Morgan fingerprint density at radius 1 is 1.25 bits per heavy atom. The Morgan fingerprint density at radius 2 is 2.00 bits per heavy atom. The fraction of sp³-hybridized carbons (Fsp3) is 0.200. The molecule has 0 aliphatic heterocycles. The second-order valence-corrected chi connectivity index (χ2v) is 4.93. The molecule has 0 saturated heterocycles. The highest BCUT2D eigenvalue weighted by molar-refractivity contribution is 6.32. The van der Waals surface area contributed by atoms with E-state index in [1.54, 1.807) is 24.3 Å². The van der Waals surface area contributed by atoms with E-state index >= 15 is 0 Å². The van der Waals surface area contributed by atoms with Crippen molar-refractivity contribution in [2.24, 2.45) is 5.84 Å². The van der Waals surface area contributed by atoms with Crippen LogP contribution in [0.1, 0.15) is 22.7 Å². The van der Waals surface area contributed by atoms with Gasteiger partial charge in [0.2, 0.25) is 0 Å². The largest absolute Gasteiger partial charge is 0.495 e. The predicted molar refractivity (Wildman–Crippen MR) is 78.3 cm³/mol. The summed E-state index contributed by atoms with van der Waals surface area (Å²) >= 11 is 5.99. The van der Waals surface area contributed by atoms with Crippen LogP contribution in [0.2, 0.25) is 5.02 Å². The maximum Gasteiger partial charge on any atom is 0.137 e. The van der Waals surface area contributed by atoms with E-state index in [1.165, 1.54) is 13.2 Å². The fourth-order valence-electron chi connectivity index (χ4n) is 2.09. The highest BCUT2D eigenvalue weighted by atomic mass is 35.5. The van der Waals surface area contributed by atoms with Gasteiger partial charge in [-0.25, -0.2) is 9.82 Å². The number of hydrogen-bond acceptors (Lipinski definition) is 3. The molecule has 106 valence electrons. The molecule has 0 spiro atoms. The van der Waals surface area contributed by atoms with Gasteiger partial charge in [-0.05, 0) is 36.2 Å². The molecule has 0 heterocycles. The van der Waals surface area contributed by atoms with Gasteiger partial charge in [-0.15, -0.1) is 0 Å². The molecule has 2 aromatic rings. The Hall–Kier alpha value is -1.62. The van der Waals surface area contributed by atoms with Crippen LogP contribution in [-0.4, -0.2) is 7.11 Å². The van der Waals surface area contributed by atoms with Gasteiger partial charge in [0, 0.05) is 5.56 Å². The minimum atomic E-state index is -0.471. The minimum absolute atomic E-state index is 0.304. The van der Waals surface area contributed by atoms with Gasteiger partial charge in [-0.3, -0.25) is 5.84 Å². The predicted octanol–water partition coefficient (Wildman–Crippen LogP) is 3.35. The van der Waals surface area contributed by atoms with Gasteiger partial charge in [0.1, 0.15) is 11.6 Å². The Kier molecular flexibility index (Phi) is 4.60. The van der Waals surface area contributed by atoms with Crippen molar-refractivity contribution < 1.29 is 9.13 Å². The van der Waals surface area contributed by atoms with Crippen molar-refractivity contribution in [3.05, 3.63) is 63.9 Å². The molecule has 3 nitrogen and oxygen atoms in total. The van der Waals surface area contributed by atoms with Crippen molar-refractivity contribution >= 4 is 11.6 Å². The van der Waals surface area contributed by atoms with Gasteiger partial charge < -0.3 is 4.74 Å². The quantitative estimate of drug-likeness (QED) is 0.671. The number of halogens is 2. The van der Waals surface area contributed by atoms with Crippen LogP contribution in [0, 0.1) is 12.7 Å². The molecular formula is C15H16ClFN2O. The number of methoxy groups -OCH3 is 1. The molecular weight excluding hydrogens is 279 g/mol. The van der Waals surface area contributed by atoms with Crippen LogP contribution in [0.4, 0.5) is 4.39 Å². The molecule has 2 aromatic carbocycles. The first-order valence-electron chi connectivity index (χ1n) is 6.12. The summed E-state index contributed by atoms with van der Waals surface area (Å²) in [7, 11) is 1.53. The van der Waals surface area contributed by atoms with Gasteiger partial charge in [-0.1, -0.05) is 29.8 Å². The summed E-state index contributed by atoms with van der Waals surface area (Å²) in [6.45, 7) is 1.84. The third-order valence-corrected chi connectivity index (χ3v) is 3.45. The normalized spacial score (nSPS) is 12.2. The highest BCUT2D eigenvalue weighted by Gasteiger charge is 2.18.